The highest BCUT2D eigenvalue weighted by Gasteiger charge is 2.17. The number of hydrogen-bond acceptors (Lipinski definition) is 2. The zero-order chi connectivity index (χ0) is 10.7. The first kappa shape index (κ1) is 10.4. The Morgan fingerprint density at radius 2 is 2.33 bits per heavy atom. The van der Waals surface area contributed by atoms with Crippen molar-refractivity contribution in [1.29, 1.82) is 0 Å². The maximum Gasteiger partial charge on any atom is 0.158 e. The summed E-state index contributed by atoms with van der Waals surface area (Å²) in [6, 6.07) is 0. The minimum absolute atomic E-state index is 0.200. The third-order valence-corrected chi connectivity index (χ3v) is 2.94. The molecule has 1 atom stereocenters. The van der Waals surface area contributed by atoms with Gasteiger partial charge in [0.1, 0.15) is 0 Å². The van der Waals surface area contributed by atoms with Gasteiger partial charge in [-0.1, -0.05) is 18.2 Å². The first-order valence-corrected chi connectivity index (χ1v) is 5.44. The van der Waals surface area contributed by atoms with Crippen LogP contribution in [0.3, 0.4) is 0 Å². The van der Waals surface area contributed by atoms with Crippen LogP contribution in [0.4, 0.5) is 0 Å². The third kappa shape index (κ3) is 2.45. The molecule has 0 bridgehead atoms. The summed E-state index contributed by atoms with van der Waals surface area (Å²) in [4.78, 5) is 11.4. The highest BCUT2D eigenvalue weighted by Crippen LogP contribution is 2.23. The Morgan fingerprint density at radius 3 is 2.87 bits per heavy atom. The highest BCUT2D eigenvalue weighted by molar-refractivity contribution is 5.97. The van der Waals surface area contributed by atoms with Crippen LogP contribution in [-0.4, -0.2) is 19.0 Å². The van der Waals surface area contributed by atoms with E-state index in [2.05, 4.69) is 6.08 Å². The highest BCUT2D eigenvalue weighted by atomic mass is 16.5. The number of carbonyl (C=O) groups is 1. The molecule has 2 rings (SSSR count). The largest absolute Gasteiger partial charge is 0.377 e. The lowest BCUT2D eigenvalue weighted by Gasteiger charge is -2.12. The summed E-state index contributed by atoms with van der Waals surface area (Å²) in [6.45, 7) is 0. The molecule has 0 saturated heterocycles. The van der Waals surface area contributed by atoms with Crippen molar-refractivity contribution in [1.82, 2.24) is 0 Å². The second-order valence-electron chi connectivity index (χ2n) is 4.02. The van der Waals surface area contributed by atoms with E-state index in [0.29, 0.717) is 5.78 Å². The van der Waals surface area contributed by atoms with Crippen molar-refractivity contribution in [3.63, 3.8) is 0 Å². The second-order valence-corrected chi connectivity index (χ2v) is 4.02. The molecular weight excluding hydrogens is 188 g/mol. The van der Waals surface area contributed by atoms with Crippen molar-refractivity contribution in [2.24, 2.45) is 0 Å². The molecule has 2 heteroatoms. The number of allylic oxidation sites excluding steroid dienone is 4. The van der Waals surface area contributed by atoms with E-state index in [4.69, 9.17) is 4.74 Å². The lowest BCUT2D eigenvalue weighted by molar-refractivity contribution is -0.114. The molecule has 15 heavy (non-hydrogen) atoms. The molecule has 2 nitrogen and oxygen atoms in total. The first-order valence-electron chi connectivity index (χ1n) is 5.44. The van der Waals surface area contributed by atoms with Gasteiger partial charge in [0, 0.05) is 13.5 Å². The summed E-state index contributed by atoms with van der Waals surface area (Å²) in [5, 5.41) is 0. The fourth-order valence-corrected chi connectivity index (χ4v) is 1.99. The predicted octanol–water partition coefficient (Wildman–Crippen LogP) is 2.57. The van der Waals surface area contributed by atoms with Crippen LogP contribution in [0.1, 0.15) is 25.7 Å². The van der Waals surface area contributed by atoms with Crippen molar-refractivity contribution < 1.29 is 9.53 Å². The molecule has 0 aromatic rings. The molecule has 0 aliphatic heterocycles. The maximum absolute atomic E-state index is 11.4. The second kappa shape index (κ2) is 4.58. The van der Waals surface area contributed by atoms with E-state index in [1.807, 2.05) is 18.2 Å². The number of methoxy groups -OCH3 is 1. The molecule has 0 aromatic carbocycles. The maximum atomic E-state index is 11.4. The SMILES string of the molecule is COC1C=CC(/C=C2\CCCC2=O)=CC1. The van der Waals surface area contributed by atoms with E-state index in [9.17, 15) is 4.79 Å². The standard InChI is InChI=1S/C13H16O2/c1-15-12-7-5-10(6-8-12)9-11-3-2-4-13(11)14/h5-7,9,12H,2-4,8H2,1H3/b11-9+. The van der Waals surface area contributed by atoms with Crippen LogP contribution in [0.15, 0.2) is 35.5 Å². The quantitative estimate of drug-likeness (QED) is 0.646. The summed E-state index contributed by atoms with van der Waals surface area (Å²) in [5.41, 5.74) is 2.13. The van der Waals surface area contributed by atoms with E-state index in [-0.39, 0.29) is 6.10 Å². The average Bonchev–Trinajstić information content (AvgIpc) is 2.66. The Bertz CT molecular complexity index is 348. The van der Waals surface area contributed by atoms with Gasteiger partial charge in [0.05, 0.1) is 6.10 Å². The molecule has 0 N–H and O–H groups in total. The van der Waals surface area contributed by atoms with Gasteiger partial charge in [0.25, 0.3) is 0 Å². The number of carbonyl (C=O) groups excluding carboxylic acids is 1. The Hall–Kier alpha value is -1.15. The zero-order valence-corrected chi connectivity index (χ0v) is 9.03. The number of hydrogen-bond donors (Lipinski definition) is 0. The molecule has 2 aliphatic rings. The molecule has 0 heterocycles. The van der Waals surface area contributed by atoms with Gasteiger partial charge in [-0.2, -0.15) is 0 Å². The smallest absolute Gasteiger partial charge is 0.158 e. The minimum Gasteiger partial charge on any atom is -0.377 e. The summed E-state index contributed by atoms with van der Waals surface area (Å²) in [6.07, 6.45) is 12.0. The van der Waals surface area contributed by atoms with Crippen LogP contribution in [0.2, 0.25) is 0 Å². The van der Waals surface area contributed by atoms with Crippen LogP contribution >= 0.6 is 0 Å². The van der Waals surface area contributed by atoms with Gasteiger partial charge in [-0.15, -0.1) is 0 Å². The van der Waals surface area contributed by atoms with Crippen molar-refractivity contribution in [2.45, 2.75) is 31.8 Å². The fourth-order valence-electron chi connectivity index (χ4n) is 1.99. The van der Waals surface area contributed by atoms with Gasteiger partial charge in [0.15, 0.2) is 5.78 Å². The van der Waals surface area contributed by atoms with Crippen LogP contribution in [0.25, 0.3) is 0 Å². The number of ketones is 1. The Kier molecular flexibility index (Phi) is 3.17. The van der Waals surface area contributed by atoms with Gasteiger partial charge in [-0.3, -0.25) is 4.79 Å². The van der Waals surface area contributed by atoms with Crippen LogP contribution in [-0.2, 0) is 9.53 Å². The summed E-state index contributed by atoms with van der Waals surface area (Å²) in [7, 11) is 1.72. The fraction of sp³-hybridized carbons (Fsp3) is 0.462. The van der Waals surface area contributed by atoms with Gasteiger partial charge >= 0.3 is 0 Å². The van der Waals surface area contributed by atoms with E-state index in [1.165, 1.54) is 0 Å². The Morgan fingerprint density at radius 1 is 1.47 bits per heavy atom. The predicted molar refractivity (Wildman–Crippen MR) is 59.6 cm³/mol. The van der Waals surface area contributed by atoms with Gasteiger partial charge in [-0.25, -0.2) is 0 Å². The number of ether oxygens (including phenoxy) is 1. The monoisotopic (exact) mass is 204 g/mol. The van der Waals surface area contributed by atoms with Gasteiger partial charge < -0.3 is 4.74 Å². The van der Waals surface area contributed by atoms with E-state index in [0.717, 1.165) is 36.8 Å². The van der Waals surface area contributed by atoms with E-state index >= 15 is 0 Å². The molecule has 0 aromatic heterocycles. The lowest BCUT2D eigenvalue weighted by Crippen LogP contribution is -2.08. The molecule has 2 aliphatic carbocycles. The molecule has 0 spiro atoms. The zero-order valence-electron chi connectivity index (χ0n) is 9.03. The first-order chi connectivity index (χ1) is 7.29. The van der Waals surface area contributed by atoms with Crippen molar-refractivity contribution in [2.75, 3.05) is 7.11 Å². The topological polar surface area (TPSA) is 26.3 Å². The molecule has 0 radical (unpaired) electrons. The number of Topliss-reactive ketones (excluding diaryl/α,β-unsaturated/α-hetero) is 1. The number of rotatable bonds is 2. The molecular formula is C13H16O2. The van der Waals surface area contributed by atoms with Crippen LogP contribution in [0.5, 0.6) is 0 Å². The lowest BCUT2D eigenvalue weighted by atomic mass is 10.0. The van der Waals surface area contributed by atoms with Crippen LogP contribution < -0.4 is 0 Å². The van der Waals surface area contributed by atoms with Gasteiger partial charge in [0.2, 0.25) is 0 Å². The van der Waals surface area contributed by atoms with Gasteiger partial charge in [-0.05, 0) is 36.5 Å². The summed E-state index contributed by atoms with van der Waals surface area (Å²) < 4.78 is 5.21. The van der Waals surface area contributed by atoms with Crippen molar-refractivity contribution >= 4 is 5.78 Å². The van der Waals surface area contributed by atoms with Crippen molar-refractivity contribution in [3.05, 3.63) is 35.5 Å². The minimum atomic E-state index is 0.200. The van der Waals surface area contributed by atoms with Crippen molar-refractivity contribution in [3.8, 4) is 0 Å². The Labute approximate surface area is 90.3 Å². The molecule has 80 valence electrons. The molecule has 1 saturated carbocycles. The molecule has 1 unspecified atom stereocenters. The molecule has 1 fully saturated rings. The van der Waals surface area contributed by atoms with E-state index < -0.39 is 0 Å². The normalized spacial score (nSPS) is 28.6. The summed E-state index contributed by atoms with van der Waals surface area (Å²) >= 11 is 0. The molecule has 0 amide bonds. The Balaban J connectivity index is 2.05. The third-order valence-electron chi connectivity index (χ3n) is 2.94. The van der Waals surface area contributed by atoms with Crippen LogP contribution in [0, 0.1) is 0 Å². The average molecular weight is 204 g/mol. The van der Waals surface area contributed by atoms with E-state index in [1.54, 1.807) is 7.11 Å². The summed E-state index contributed by atoms with van der Waals surface area (Å²) in [5.74, 6) is 0.318.